The third kappa shape index (κ3) is 8.47. The summed E-state index contributed by atoms with van der Waals surface area (Å²) in [6.07, 6.45) is 11.2. The van der Waals surface area contributed by atoms with Crippen molar-refractivity contribution in [1.82, 2.24) is 0 Å². The molecule has 0 aromatic carbocycles. The SMILES string of the molecule is CCCC/C=C\CCCI. The second-order valence-electron chi connectivity index (χ2n) is 2.44. The zero-order valence-electron chi connectivity index (χ0n) is 6.78. The molecule has 10 heavy (non-hydrogen) atoms. The van der Waals surface area contributed by atoms with E-state index in [1.165, 1.54) is 36.5 Å². The first-order valence-electron chi connectivity index (χ1n) is 4.12. The Labute approximate surface area is 78.2 Å². The maximum absolute atomic E-state index is 2.42. The average Bonchev–Trinajstić information content (AvgIpc) is 1.97. The molecule has 0 rings (SSSR count). The summed E-state index contributed by atoms with van der Waals surface area (Å²) in [5, 5.41) is 0. The van der Waals surface area contributed by atoms with E-state index in [1.807, 2.05) is 0 Å². The Morgan fingerprint density at radius 1 is 1.10 bits per heavy atom. The number of hydrogen-bond donors (Lipinski definition) is 0. The normalized spacial score (nSPS) is 11.0. The van der Waals surface area contributed by atoms with Gasteiger partial charge < -0.3 is 0 Å². The first-order chi connectivity index (χ1) is 4.91. The van der Waals surface area contributed by atoms with Crippen molar-refractivity contribution in [2.75, 3.05) is 4.43 Å². The zero-order chi connectivity index (χ0) is 7.66. The fourth-order valence-electron chi connectivity index (χ4n) is 0.753. The predicted octanol–water partition coefficient (Wildman–Crippen LogP) is 3.95. The van der Waals surface area contributed by atoms with Gasteiger partial charge in [0.05, 0.1) is 0 Å². The van der Waals surface area contributed by atoms with Crippen LogP contribution in [0.25, 0.3) is 0 Å². The van der Waals surface area contributed by atoms with Crippen LogP contribution in [-0.2, 0) is 0 Å². The van der Waals surface area contributed by atoms with Crippen molar-refractivity contribution in [1.29, 1.82) is 0 Å². The minimum Gasteiger partial charge on any atom is -0.0885 e. The van der Waals surface area contributed by atoms with Crippen LogP contribution in [0.15, 0.2) is 12.2 Å². The van der Waals surface area contributed by atoms with Gasteiger partial charge in [-0.25, -0.2) is 0 Å². The van der Waals surface area contributed by atoms with Gasteiger partial charge in [0.2, 0.25) is 0 Å². The van der Waals surface area contributed by atoms with Crippen molar-refractivity contribution < 1.29 is 0 Å². The van der Waals surface area contributed by atoms with E-state index in [0.29, 0.717) is 0 Å². The van der Waals surface area contributed by atoms with Gasteiger partial charge in [-0.05, 0) is 23.7 Å². The highest BCUT2D eigenvalue weighted by atomic mass is 127. The Morgan fingerprint density at radius 3 is 2.20 bits per heavy atom. The van der Waals surface area contributed by atoms with E-state index in [0.717, 1.165) is 0 Å². The molecule has 0 aromatic rings. The summed E-state index contributed by atoms with van der Waals surface area (Å²) in [6, 6.07) is 0. The molecule has 0 nitrogen and oxygen atoms in total. The van der Waals surface area contributed by atoms with Crippen LogP contribution in [0.3, 0.4) is 0 Å². The molecule has 0 bridgehead atoms. The molecular weight excluding hydrogens is 235 g/mol. The van der Waals surface area contributed by atoms with Gasteiger partial charge in [0, 0.05) is 0 Å². The van der Waals surface area contributed by atoms with Crippen LogP contribution in [0, 0.1) is 0 Å². The predicted molar refractivity (Wildman–Crippen MR) is 56.8 cm³/mol. The maximum Gasteiger partial charge on any atom is -0.000178 e. The van der Waals surface area contributed by atoms with Crippen LogP contribution < -0.4 is 0 Å². The van der Waals surface area contributed by atoms with Crippen molar-refractivity contribution in [2.24, 2.45) is 0 Å². The number of allylic oxidation sites excluding steroid dienone is 2. The van der Waals surface area contributed by atoms with Crippen molar-refractivity contribution in [2.45, 2.75) is 39.0 Å². The molecule has 60 valence electrons. The molecule has 0 heterocycles. The van der Waals surface area contributed by atoms with Gasteiger partial charge in [0.25, 0.3) is 0 Å². The van der Waals surface area contributed by atoms with E-state index in [-0.39, 0.29) is 0 Å². The smallest absolute Gasteiger partial charge is 0.000178 e. The van der Waals surface area contributed by atoms with Gasteiger partial charge in [0.1, 0.15) is 0 Å². The highest BCUT2D eigenvalue weighted by Crippen LogP contribution is 1.99. The lowest BCUT2D eigenvalue weighted by molar-refractivity contribution is 0.810. The second-order valence-corrected chi connectivity index (χ2v) is 3.52. The summed E-state index contributed by atoms with van der Waals surface area (Å²) < 4.78 is 1.29. The Bertz CT molecular complexity index is 66.8. The lowest BCUT2D eigenvalue weighted by Gasteiger charge is -1.88. The number of halogens is 1. The monoisotopic (exact) mass is 252 g/mol. The topological polar surface area (TPSA) is 0 Å². The van der Waals surface area contributed by atoms with E-state index >= 15 is 0 Å². The van der Waals surface area contributed by atoms with Gasteiger partial charge >= 0.3 is 0 Å². The van der Waals surface area contributed by atoms with Crippen LogP contribution in [-0.4, -0.2) is 4.43 Å². The number of rotatable bonds is 6. The summed E-state index contributed by atoms with van der Waals surface area (Å²) in [7, 11) is 0. The standard InChI is InChI=1S/C9H17I/c1-2-3-4-5-6-7-8-9-10/h5-6H,2-4,7-9H2,1H3/b6-5-. The summed E-state index contributed by atoms with van der Waals surface area (Å²) in [6.45, 7) is 2.23. The van der Waals surface area contributed by atoms with Crippen LogP contribution in [0.2, 0.25) is 0 Å². The summed E-state index contributed by atoms with van der Waals surface area (Å²) in [4.78, 5) is 0. The zero-order valence-corrected chi connectivity index (χ0v) is 8.93. The number of hydrogen-bond acceptors (Lipinski definition) is 0. The molecule has 0 amide bonds. The van der Waals surface area contributed by atoms with Gasteiger partial charge in [-0.1, -0.05) is 54.5 Å². The molecule has 0 aliphatic heterocycles. The molecule has 0 aromatic heterocycles. The molecule has 0 atom stereocenters. The van der Waals surface area contributed by atoms with Gasteiger partial charge in [-0.3, -0.25) is 0 Å². The minimum absolute atomic E-state index is 1.27. The van der Waals surface area contributed by atoms with Crippen LogP contribution in [0.4, 0.5) is 0 Å². The summed E-state index contributed by atoms with van der Waals surface area (Å²) in [5.41, 5.74) is 0. The van der Waals surface area contributed by atoms with E-state index in [9.17, 15) is 0 Å². The second kappa shape index (κ2) is 9.47. The minimum atomic E-state index is 1.27. The lowest BCUT2D eigenvalue weighted by Crippen LogP contribution is -1.71. The quantitative estimate of drug-likeness (QED) is 0.290. The molecule has 0 saturated heterocycles. The Kier molecular flexibility index (Phi) is 9.92. The number of unbranched alkanes of at least 4 members (excludes halogenated alkanes) is 3. The van der Waals surface area contributed by atoms with E-state index in [4.69, 9.17) is 0 Å². The molecule has 0 saturated carbocycles. The van der Waals surface area contributed by atoms with Crippen molar-refractivity contribution in [3.63, 3.8) is 0 Å². The third-order valence-electron chi connectivity index (χ3n) is 1.40. The molecule has 0 aliphatic carbocycles. The first kappa shape index (κ1) is 10.5. The Morgan fingerprint density at radius 2 is 1.70 bits per heavy atom. The van der Waals surface area contributed by atoms with E-state index < -0.39 is 0 Å². The largest absolute Gasteiger partial charge is 0.0885 e. The molecule has 0 N–H and O–H groups in total. The van der Waals surface area contributed by atoms with Crippen LogP contribution in [0.1, 0.15) is 39.0 Å². The van der Waals surface area contributed by atoms with Gasteiger partial charge in [-0.15, -0.1) is 0 Å². The molecule has 0 spiro atoms. The van der Waals surface area contributed by atoms with E-state index in [1.54, 1.807) is 0 Å². The lowest BCUT2D eigenvalue weighted by atomic mass is 10.2. The average molecular weight is 252 g/mol. The first-order valence-corrected chi connectivity index (χ1v) is 5.65. The summed E-state index contributed by atoms with van der Waals surface area (Å²) >= 11 is 2.42. The highest BCUT2D eigenvalue weighted by molar-refractivity contribution is 14.1. The summed E-state index contributed by atoms with van der Waals surface area (Å²) in [5.74, 6) is 0. The van der Waals surface area contributed by atoms with Crippen LogP contribution in [0.5, 0.6) is 0 Å². The van der Waals surface area contributed by atoms with Gasteiger partial charge in [-0.2, -0.15) is 0 Å². The molecule has 1 heteroatoms. The molecule has 0 unspecified atom stereocenters. The maximum atomic E-state index is 2.42. The fourth-order valence-corrected chi connectivity index (χ4v) is 1.19. The van der Waals surface area contributed by atoms with Crippen LogP contribution >= 0.6 is 22.6 Å². The third-order valence-corrected chi connectivity index (χ3v) is 2.16. The molecule has 0 fully saturated rings. The highest BCUT2D eigenvalue weighted by Gasteiger charge is 1.79. The van der Waals surface area contributed by atoms with Crippen molar-refractivity contribution in [3.8, 4) is 0 Å². The van der Waals surface area contributed by atoms with Crippen molar-refractivity contribution in [3.05, 3.63) is 12.2 Å². The van der Waals surface area contributed by atoms with E-state index in [2.05, 4.69) is 41.7 Å². The Hall–Kier alpha value is 0.470. The fraction of sp³-hybridized carbons (Fsp3) is 0.778. The van der Waals surface area contributed by atoms with Crippen molar-refractivity contribution >= 4 is 22.6 Å². The molecule has 0 aliphatic rings. The van der Waals surface area contributed by atoms with Gasteiger partial charge in [0.15, 0.2) is 0 Å². The molecule has 0 radical (unpaired) electrons. The number of alkyl halides is 1. The molecular formula is C9H17I. The Balaban J connectivity index is 2.89.